The lowest BCUT2D eigenvalue weighted by Crippen LogP contribution is -2.04. The van der Waals surface area contributed by atoms with Gasteiger partial charge in [-0.15, -0.1) is 0 Å². The highest BCUT2D eigenvalue weighted by Crippen LogP contribution is 2.36. The number of carboxylic acids is 1. The van der Waals surface area contributed by atoms with Crippen LogP contribution in [0.4, 0.5) is 0 Å². The molecule has 4 nitrogen and oxygen atoms in total. The molecular formula is C20H20O4. The Labute approximate surface area is 141 Å². The molecule has 0 bridgehead atoms. The van der Waals surface area contributed by atoms with Gasteiger partial charge in [-0.05, 0) is 43.0 Å². The highest BCUT2D eigenvalue weighted by atomic mass is 16.5. The SMILES string of the molecule is Cc1ccc(-c2cc3c(cc2OCCCC(=O)O)C(=O)CC3)cc1. The quantitative estimate of drug-likeness (QED) is 0.815. The van der Waals surface area contributed by atoms with E-state index in [9.17, 15) is 9.59 Å². The minimum Gasteiger partial charge on any atom is -0.493 e. The van der Waals surface area contributed by atoms with Crippen LogP contribution in [-0.4, -0.2) is 23.5 Å². The van der Waals surface area contributed by atoms with Crippen LogP contribution in [0.15, 0.2) is 36.4 Å². The molecule has 2 aromatic carbocycles. The van der Waals surface area contributed by atoms with Crippen LogP contribution in [0.2, 0.25) is 0 Å². The zero-order valence-corrected chi connectivity index (χ0v) is 13.7. The second-order valence-electron chi connectivity index (χ2n) is 6.14. The zero-order valence-electron chi connectivity index (χ0n) is 13.7. The van der Waals surface area contributed by atoms with E-state index in [0.717, 1.165) is 28.7 Å². The number of aliphatic carboxylic acids is 1. The van der Waals surface area contributed by atoms with Gasteiger partial charge in [-0.1, -0.05) is 29.8 Å². The average Bonchev–Trinajstić information content (AvgIpc) is 2.92. The lowest BCUT2D eigenvalue weighted by Gasteiger charge is -2.14. The Morgan fingerprint density at radius 2 is 1.88 bits per heavy atom. The Morgan fingerprint density at radius 1 is 1.12 bits per heavy atom. The topological polar surface area (TPSA) is 63.6 Å². The van der Waals surface area contributed by atoms with E-state index in [-0.39, 0.29) is 12.2 Å². The van der Waals surface area contributed by atoms with Crippen LogP contribution in [0.3, 0.4) is 0 Å². The molecule has 1 aliphatic rings. The number of carbonyl (C=O) groups is 2. The number of carboxylic acid groups (broad SMARTS) is 1. The van der Waals surface area contributed by atoms with Crippen molar-refractivity contribution >= 4 is 11.8 Å². The van der Waals surface area contributed by atoms with Crippen molar-refractivity contribution in [2.45, 2.75) is 32.6 Å². The zero-order chi connectivity index (χ0) is 17.1. The third-order valence-electron chi connectivity index (χ3n) is 4.28. The number of aryl methyl sites for hydroxylation is 2. The van der Waals surface area contributed by atoms with Crippen molar-refractivity contribution in [2.75, 3.05) is 6.61 Å². The van der Waals surface area contributed by atoms with Gasteiger partial charge in [-0.3, -0.25) is 9.59 Å². The highest BCUT2D eigenvalue weighted by Gasteiger charge is 2.22. The van der Waals surface area contributed by atoms with Gasteiger partial charge >= 0.3 is 5.97 Å². The second kappa shape index (κ2) is 6.87. The van der Waals surface area contributed by atoms with E-state index >= 15 is 0 Å². The molecule has 24 heavy (non-hydrogen) atoms. The molecular weight excluding hydrogens is 304 g/mol. The van der Waals surface area contributed by atoms with E-state index in [1.54, 1.807) is 0 Å². The summed E-state index contributed by atoms with van der Waals surface area (Å²) in [6, 6.07) is 12.0. The van der Waals surface area contributed by atoms with Gasteiger partial charge in [0.1, 0.15) is 5.75 Å². The normalized spacial score (nSPS) is 13.0. The fourth-order valence-corrected chi connectivity index (χ4v) is 2.96. The maximum Gasteiger partial charge on any atom is 0.303 e. The van der Waals surface area contributed by atoms with Crippen LogP contribution >= 0.6 is 0 Å². The van der Waals surface area contributed by atoms with E-state index in [4.69, 9.17) is 9.84 Å². The van der Waals surface area contributed by atoms with E-state index < -0.39 is 5.97 Å². The summed E-state index contributed by atoms with van der Waals surface area (Å²) in [7, 11) is 0. The van der Waals surface area contributed by atoms with Crippen molar-refractivity contribution in [1.29, 1.82) is 0 Å². The maximum absolute atomic E-state index is 12.0. The van der Waals surface area contributed by atoms with E-state index in [1.165, 1.54) is 5.56 Å². The molecule has 0 spiro atoms. The molecule has 1 N–H and O–H groups in total. The van der Waals surface area contributed by atoms with Crippen molar-refractivity contribution in [3.63, 3.8) is 0 Å². The molecule has 0 radical (unpaired) electrons. The van der Waals surface area contributed by atoms with Gasteiger partial charge in [0.05, 0.1) is 6.61 Å². The van der Waals surface area contributed by atoms with Crippen molar-refractivity contribution in [3.8, 4) is 16.9 Å². The molecule has 4 heteroatoms. The first-order valence-corrected chi connectivity index (χ1v) is 8.16. The Bertz CT molecular complexity index is 775. The maximum atomic E-state index is 12.0. The molecule has 0 amide bonds. The Kier molecular flexibility index (Phi) is 4.65. The van der Waals surface area contributed by atoms with Crippen LogP contribution in [0.5, 0.6) is 5.75 Å². The number of carbonyl (C=O) groups excluding carboxylic acids is 1. The molecule has 0 heterocycles. The van der Waals surface area contributed by atoms with Crippen molar-refractivity contribution in [3.05, 3.63) is 53.1 Å². The predicted molar refractivity (Wildman–Crippen MR) is 91.6 cm³/mol. The van der Waals surface area contributed by atoms with E-state index in [0.29, 0.717) is 25.2 Å². The monoisotopic (exact) mass is 324 g/mol. The number of fused-ring (bicyclic) bond motifs is 1. The van der Waals surface area contributed by atoms with Gasteiger partial charge in [0, 0.05) is 24.0 Å². The van der Waals surface area contributed by atoms with Gasteiger partial charge in [-0.25, -0.2) is 0 Å². The largest absolute Gasteiger partial charge is 0.493 e. The Balaban J connectivity index is 1.91. The standard InChI is InChI=1S/C20H20O4/c1-13-4-6-14(7-5-13)17-11-15-8-9-18(21)16(15)12-19(17)24-10-2-3-20(22)23/h4-7,11-12H,2-3,8-10H2,1H3,(H,22,23). The molecule has 3 rings (SSSR count). The van der Waals surface area contributed by atoms with Crippen LogP contribution in [0.25, 0.3) is 11.1 Å². The molecule has 1 aliphatic carbocycles. The van der Waals surface area contributed by atoms with Crippen LogP contribution in [0.1, 0.15) is 40.7 Å². The third-order valence-corrected chi connectivity index (χ3v) is 4.28. The second-order valence-corrected chi connectivity index (χ2v) is 6.14. The number of hydrogen-bond donors (Lipinski definition) is 1. The number of benzene rings is 2. The van der Waals surface area contributed by atoms with Crippen LogP contribution < -0.4 is 4.74 Å². The smallest absolute Gasteiger partial charge is 0.303 e. The summed E-state index contributed by atoms with van der Waals surface area (Å²) in [5.41, 5.74) is 4.97. The Morgan fingerprint density at radius 3 is 2.58 bits per heavy atom. The molecule has 0 fully saturated rings. The van der Waals surface area contributed by atoms with E-state index in [2.05, 4.69) is 0 Å². The number of hydrogen-bond acceptors (Lipinski definition) is 3. The lowest BCUT2D eigenvalue weighted by atomic mass is 9.98. The first kappa shape index (κ1) is 16.2. The first-order chi connectivity index (χ1) is 11.5. The van der Waals surface area contributed by atoms with Gasteiger partial charge < -0.3 is 9.84 Å². The minimum absolute atomic E-state index is 0.0732. The fraction of sp³-hybridized carbons (Fsp3) is 0.300. The molecule has 0 aromatic heterocycles. The van der Waals surface area contributed by atoms with Crippen LogP contribution in [0, 0.1) is 6.92 Å². The summed E-state index contributed by atoms with van der Waals surface area (Å²) in [6.07, 6.45) is 1.83. The molecule has 2 aromatic rings. The number of rotatable bonds is 6. The van der Waals surface area contributed by atoms with Crippen LogP contribution in [-0.2, 0) is 11.2 Å². The third kappa shape index (κ3) is 3.48. The molecule has 0 atom stereocenters. The average molecular weight is 324 g/mol. The summed E-state index contributed by atoms with van der Waals surface area (Å²) in [5.74, 6) is -0.0319. The highest BCUT2D eigenvalue weighted by molar-refractivity contribution is 6.01. The predicted octanol–water partition coefficient (Wildman–Crippen LogP) is 4.03. The van der Waals surface area contributed by atoms with E-state index in [1.807, 2.05) is 43.3 Å². The van der Waals surface area contributed by atoms with Gasteiger partial charge in [0.25, 0.3) is 0 Å². The Hall–Kier alpha value is -2.62. The van der Waals surface area contributed by atoms with Crippen molar-refractivity contribution in [2.24, 2.45) is 0 Å². The summed E-state index contributed by atoms with van der Waals surface area (Å²) < 4.78 is 5.83. The summed E-state index contributed by atoms with van der Waals surface area (Å²) in [5, 5.41) is 8.73. The summed E-state index contributed by atoms with van der Waals surface area (Å²) in [6.45, 7) is 2.35. The molecule has 0 saturated heterocycles. The summed E-state index contributed by atoms with van der Waals surface area (Å²) >= 11 is 0. The number of ketones is 1. The van der Waals surface area contributed by atoms with Crippen molar-refractivity contribution in [1.82, 2.24) is 0 Å². The molecule has 124 valence electrons. The molecule has 0 aliphatic heterocycles. The fourth-order valence-electron chi connectivity index (χ4n) is 2.96. The van der Waals surface area contributed by atoms with Crippen molar-refractivity contribution < 1.29 is 19.4 Å². The lowest BCUT2D eigenvalue weighted by molar-refractivity contribution is -0.137. The van der Waals surface area contributed by atoms with Gasteiger partial charge in [0.15, 0.2) is 5.78 Å². The molecule has 0 unspecified atom stereocenters. The number of Topliss-reactive ketones (excluding diaryl/α,β-unsaturated/α-hetero) is 1. The van der Waals surface area contributed by atoms with Gasteiger partial charge in [0.2, 0.25) is 0 Å². The van der Waals surface area contributed by atoms with Gasteiger partial charge in [-0.2, -0.15) is 0 Å². The minimum atomic E-state index is -0.832. The summed E-state index contributed by atoms with van der Waals surface area (Å²) in [4.78, 5) is 22.6. The number of ether oxygens (including phenoxy) is 1. The first-order valence-electron chi connectivity index (χ1n) is 8.16. The molecule has 0 saturated carbocycles.